The summed E-state index contributed by atoms with van der Waals surface area (Å²) in [4.78, 5) is 17.1. The number of benzene rings is 2. The van der Waals surface area contributed by atoms with Crippen LogP contribution >= 0.6 is 11.6 Å². The van der Waals surface area contributed by atoms with Gasteiger partial charge in [0.2, 0.25) is 0 Å². The molecule has 0 aliphatic carbocycles. The van der Waals surface area contributed by atoms with E-state index in [0.29, 0.717) is 39.8 Å². The molecule has 1 aliphatic rings. The Bertz CT molecular complexity index is 1640. The van der Waals surface area contributed by atoms with Gasteiger partial charge in [0.25, 0.3) is 0 Å². The first kappa shape index (κ1) is 23.1. The van der Waals surface area contributed by atoms with Gasteiger partial charge in [0, 0.05) is 60.5 Å². The number of nitriles is 1. The lowest BCUT2D eigenvalue weighted by molar-refractivity contribution is 0.371. The molecule has 0 atom stereocenters. The van der Waals surface area contributed by atoms with Crippen molar-refractivity contribution in [1.29, 1.82) is 5.26 Å². The van der Waals surface area contributed by atoms with Crippen molar-refractivity contribution in [2.75, 3.05) is 18.1 Å². The molecule has 0 unspecified atom stereocenters. The van der Waals surface area contributed by atoms with Gasteiger partial charge < -0.3 is 9.75 Å². The molecule has 5 aromatic rings. The molecule has 0 radical (unpaired) electrons. The van der Waals surface area contributed by atoms with Gasteiger partial charge >= 0.3 is 6.01 Å². The van der Waals surface area contributed by atoms with Crippen LogP contribution in [0.2, 0.25) is 5.02 Å². The first-order valence-electron chi connectivity index (χ1n) is 11.9. The van der Waals surface area contributed by atoms with Crippen molar-refractivity contribution in [2.45, 2.75) is 19.3 Å². The lowest BCUT2D eigenvalue weighted by atomic mass is 9.95. The van der Waals surface area contributed by atoms with Crippen molar-refractivity contribution in [3.05, 3.63) is 72.2 Å². The third-order valence-electron chi connectivity index (χ3n) is 6.70. The van der Waals surface area contributed by atoms with Crippen molar-refractivity contribution < 1.29 is 9.13 Å². The van der Waals surface area contributed by atoms with E-state index in [2.05, 4.69) is 31.0 Å². The number of rotatable bonds is 5. The van der Waals surface area contributed by atoms with Gasteiger partial charge in [0.15, 0.2) is 0 Å². The summed E-state index contributed by atoms with van der Waals surface area (Å²) in [5.74, 6) is 0.436. The zero-order valence-corrected chi connectivity index (χ0v) is 20.4. The summed E-state index contributed by atoms with van der Waals surface area (Å²) in [7, 11) is 0. The van der Waals surface area contributed by atoms with Crippen molar-refractivity contribution in [1.82, 2.24) is 24.6 Å². The number of pyridine rings is 1. The van der Waals surface area contributed by atoms with E-state index >= 15 is 4.39 Å². The third kappa shape index (κ3) is 4.41. The van der Waals surface area contributed by atoms with Crippen LogP contribution in [0.15, 0.2) is 61.3 Å². The van der Waals surface area contributed by atoms with Gasteiger partial charge in [0.1, 0.15) is 28.9 Å². The minimum Gasteiger partial charge on any atom is -0.424 e. The average Bonchev–Trinajstić information content (AvgIpc) is 3.35. The summed E-state index contributed by atoms with van der Waals surface area (Å²) in [6.45, 7) is 1.63. The van der Waals surface area contributed by atoms with E-state index in [4.69, 9.17) is 21.6 Å². The van der Waals surface area contributed by atoms with Crippen LogP contribution in [-0.2, 0) is 0 Å². The summed E-state index contributed by atoms with van der Waals surface area (Å²) in [6, 6.07) is 12.4. The summed E-state index contributed by atoms with van der Waals surface area (Å²) >= 11 is 6.59. The fourth-order valence-corrected chi connectivity index (χ4v) is 5.08. The van der Waals surface area contributed by atoms with Crippen molar-refractivity contribution in [3.63, 3.8) is 0 Å². The molecule has 10 heteroatoms. The Morgan fingerprint density at radius 1 is 1.03 bits per heavy atom. The van der Waals surface area contributed by atoms with Gasteiger partial charge in [-0.05, 0) is 43.0 Å². The van der Waals surface area contributed by atoms with Crippen LogP contribution in [0.25, 0.3) is 33.1 Å². The number of imidazole rings is 1. The van der Waals surface area contributed by atoms with E-state index in [1.807, 2.05) is 4.68 Å². The van der Waals surface area contributed by atoms with Gasteiger partial charge in [-0.15, -0.1) is 0 Å². The Kier molecular flexibility index (Phi) is 6.02. The van der Waals surface area contributed by atoms with Gasteiger partial charge in [-0.25, -0.2) is 24.0 Å². The monoisotopic (exact) mass is 513 g/mol. The third-order valence-corrected chi connectivity index (χ3v) is 7.01. The number of piperidine rings is 1. The molecule has 1 aliphatic heterocycles. The topological polar surface area (TPSA) is 92.8 Å². The highest BCUT2D eigenvalue weighted by Gasteiger charge is 2.22. The van der Waals surface area contributed by atoms with Crippen LogP contribution < -0.4 is 9.75 Å². The Hall–Kier alpha value is -4.29. The second-order valence-electron chi connectivity index (χ2n) is 8.96. The lowest BCUT2D eigenvalue weighted by Crippen LogP contribution is -2.41. The Morgan fingerprint density at radius 3 is 2.59 bits per heavy atom. The molecule has 6 rings (SSSR count). The van der Waals surface area contributed by atoms with Crippen LogP contribution in [0.1, 0.15) is 19.3 Å². The smallest absolute Gasteiger partial charge is 0.321 e. The van der Waals surface area contributed by atoms with Crippen LogP contribution in [-0.4, -0.2) is 37.7 Å². The van der Waals surface area contributed by atoms with Crippen molar-refractivity contribution >= 4 is 33.5 Å². The second-order valence-corrected chi connectivity index (χ2v) is 9.37. The average molecular weight is 514 g/mol. The number of fused-ring (bicyclic) bond motifs is 3. The minimum absolute atomic E-state index is 0.196. The molecule has 2 aromatic carbocycles. The second kappa shape index (κ2) is 9.64. The Labute approximate surface area is 216 Å². The van der Waals surface area contributed by atoms with Gasteiger partial charge in [-0.1, -0.05) is 11.6 Å². The number of nitrogens with zero attached hydrogens (tertiary/aromatic N) is 7. The zero-order valence-electron chi connectivity index (χ0n) is 19.7. The van der Waals surface area contributed by atoms with E-state index in [9.17, 15) is 0 Å². The molecular weight excluding hydrogens is 493 g/mol. The van der Waals surface area contributed by atoms with Crippen LogP contribution in [0, 0.1) is 23.1 Å². The highest BCUT2D eigenvalue weighted by Crippen LogP contribution is 2.37. The van der Waals surface area contributed by atoms with Gasteiger partial charge in [-0.2, -0.15) is 5.26 Å². The molecule has 0 N–H and O–H groups in total. The molecule has 37 heavy (non-hydrogen) atoms. The SMILES string of the molecule is N#CCC1CCN(n2cnc3cnc4cc(F)c(-c5ccc(Oc6ncccn6)cc5Cl)cc4c32)CC1. The highest BCUT2D eigenvalue weighted by molar-refractivity contribution is 6.33. The molecule has 3 aromatic heterocycles. The highest BCUT2D eigenvalue weighted by atomic mass is 35.5. The molecule has 1 saturated heterocycles. The predicted octanol–water partition coefficient (Wildman–Crippen LogP) is 5.89. The first-order valence-corrected chi connectivity index (χ1v) is 12.3. The molecule has 8 nitrogen and oxygen atoms in total. The van der Waals surface area contributed by atoms with E-state index in [0.717, 1.165) is 42.4 Å². The van der Waals surface area contributed by atoms with Crippen LogP contribution in [0.3, 0.4) is 0 Å². The number of aromatic nitrogens is 5. The molecule has 184 valence electrons. The summed E-state index contributed by atoms with van der Waals surface area (Å²) in [6.07, 6.45) is 9.07. The molecule has 1 fully saturated rings. The molecule has 0 amide bonds. The summed E-state index contributed by atoms with van der Waals surface area (Å²) in [5, 5.41) is 12.4. The number of ether oxygens (including phenoxy) is 1. The standard InChI is InChI=1S/C27H21ClFN7O/c28-22-12-18(37-27-31-8-1-9-32-27)2-3-19(22)20-13-21-24(14-23(20)29)33-15-25-26(21)36(16-34-25)35-10-5-17(4-7-30)6-11-35/h1-3,8-9,12-17H,4-6,10-11H2. The molecule has 0 bridgehead atoms. The minimum atomic E-state index is -0.426. The maximum atomic E-state index is 15.3. The van der Waals surface area contributed by atoms with Crippen LogP contribution in [0.5, 0.6) is 11.8 Å². The zero-order chi connectivity index (χ0) is 25.4. The quantitative estimate of drug-likeness (QED) is 0.289. The largest absolute Gasteiger partial charge is 0.424 e. The van der Waals surface area contributed by atoms with Gasteiger partial charge in [0.05, 0.1) is 22.8 Å². The van der Waals surface area contributed by atoms with Gasteiger partial charge in [-0.3, -0.25) is 4.98 Å². The van der Waals surface area contributed by atoms with E-state index < -0.39 is 5.82 Å². The Morgan fingerprint density at radius 2 is 1.84 bits per heavy atom. The van der Waals surface area contributed by atoms with E-state index in [-0.39, 0.29) is 6.01 Å². The molecule has 0 saturated carbocycles. The molecular formula is C27H21ClFN7O. The normalized spacial score (nSPS) is 14.2. The maximum absolute atomic E-state index is 15.3. The van der Waals surface area contributed by atoms with E-state index in [1.165, 1.54) is 6.07 Å². The van der Waals surface area contributed by atoms with Crippen molar-refractivity contribution in [3.8, 4) is 29.0 Å². The number of halogens is 2. The number of hydrogen-bond donors (Lipinski definition) is 0. The summed E-state index contributed by atoms with van der Waals surface area (Å²) in [5.41, 5.74) is 3.01. The van der Waals surface area contributed by atoms with E-state index in [1.54, 1.807) is 55.2 Å². The first-order chi connectivity index (χ1) is 18.1. The maximum Gasteiger partial charge on any atom is 0.321 e. The van der Waals surface area contributed by atoms with Crippen molar-refractivity contribution in [2.24, 2.45) is 5.92 Å². The molecule has 4 heterocycles. The number of hydrogen-bond acceptors (Lipinski definition) is 7. The molecule has 0 spiro atoms. The van der Waals surface area contributed by atoms with Crippen LogP contribution in [0.4, 0.5) is 4.39 Å². The fraction of sp³-hybridized carbons (Fsp3) is 0.222. The lowest BCUT2D eigenvalue weighted by Gasteiger charge is -2.33. The predicted molar refractivity (Wildman–Crippen MR) is 138 cm³/mol. The summed E-state index contributed by atoms with van der Waals surface area (Å²) < 4.78 is 23.0. The fourth-order valence-electron chi connectivity index (χ4n) is 4.81. The Balaban J connectivity index is 1.39.